The van der Waals surface area contributed by atoms with Crippen molar-refractivity contribution in [3.8, 4) is 22.3 Å². The van der Waals surface area contributed by atoms with Gasteiger partial charge in [0.15, 0.2) is 0 Å². The lowest BCUT2D eigenvalue weighted by atomic mass is 9.86. The van der Waals surface area contributed by atoms with Gasteiger partial charge in [0.25, 0.3) is 0 Å². The molecule has 8 rings (SSSR count). The van der Waals surface area contributed by atoms with Crippen LogP contribution >= 0.6 is 0 Å². The average molecular weight is 461 g/mol. The van der Waals surface area contributed by atoms with Gasteiger partial charge >= 0.3 is 0 Å². The number of hydrogen-bond acceptors (Lipinski definition) is 2. The van der Waals surface area contributed by atoms with Crippen LogP contribution in [0.25, 0.3) is 76.7 Å². The molecule has 2 nitrogen and oxygen atoms in total. The SMILES string of the molecule is c1ccc(-c2c3ccccc3c(-c3ccc4c(c3)oc3ccc5ccoc5c34)c3ccccc23)cc1. The number of benzene rings is 6. The minimum Gasteiger partial charge on any atom is -0.464 e. The molecule has 0 atom stereocenters. The minimum absolute atomic E-state index is 0.846. The molecule has 0 spiro atoms. The zero-order valence-electron chi connectivity index (χ0n) is 19.4. The van der Waals surface area contributed by atoms with E-state index in [1.165, 1.54) is 38.2 Å². The molecule has 0 N–H and O–H groups in total. The van der Waals surface area contributed by atoms with Gasteiger partial charge in [0.2, 0.25) is 0 Å². The zero-order valence-corrected chi connectivity index (χ0v) is 19.4. The van der Waals surface area contributed by atoms with E-state index in [0.717, 1.165) is 38.5 Å². The molecule has 8 aromatic rings. The Hall–Kier alpha value is -4.82. The molecule has 0 aliphatic carbocycles. The number of furan rings is 2. The topological polar surface area (TPSA) is 26.3 Å². The first kappa shape index (κ1) is 19.5. The highest BCUT2D eigenvalue weighted by Crippen LogP contribution is 2.45. The second kappa shape index (κ2) is 7.34. The monoisotopic (exact) mass is 460 g/mol. The summed E-state index contributed by atoms with van der Waals surface area (Å²) in [5.41, 5.74) is 7.46. The summed E-state index contributed by atoms with van der Waals surface area (Å²) in [6.07, 6.45) is 1.74. The predicted molar refractivity (Wildman–Crippen MR) is 149 cm³/mol. The summed E-state index contributed by atoms with van der Waals surface area (Å²) in [5, 5.41) is 8.16. The lowest BCUT2D eigenvalue weighted by Gasteiger charge is -2.17. The van der Waals surface area contributed by atoms with E-state index in [1.807, 2.05) is 18.2 Å². The first-order valence-corrected chi connectivity index (χ1v) is 12.2. The third-order valence-corrected chi connectivity index (χ3v) is 7.34. The van der Waals surface area contributed by atoms with Crippen LogP contribution in [0.1, 0.15) is 0 Å². The molecule has 0 radical (unpaired) electrons. The molecule has 0 unspecified atom stereocenters. The Balaban J connectivity index is 1.48. The molecule has 36 heavy (non-hydrogen) atoms. The molecule has 0 fully saturated rings. The van der Waals surface area contributed by atoms with E-state index >= 15 is 0 Å². The molecule has 0 bridgehead atoms. The molecule has 0 saturated heterocycles. The second-order valence-electron chi connectivity index (χ2n) is 9.30. The quantitative estimate of drug-likeness (QED) is 0.240. The van der Waals surface area contributed by atoms with Gasteiger partial charge < -0.3 is 8.83 Å². The van der Waals surface area contributed by atoms with Crippen LogP contribution in [0, 0.1) is 0 Å². The van der Waals surface area contributed by atoms with Crippen LogP contribution in [-0.4, -0.2) is 0 Å². The maximum atomic E-state index is 6.35. The second-order valence-corrected chi connectivity index (χ2v) is 9.30. The van der Waals surface area contributed by atoms with Gasteiger partial charge in [0, 0.05) is 10.8 Å². The van der Waals surface area contributed by atoms with Crippen molar-refractivity contribution in [3.63, 3.8) is 0 Å². The number of rotatable bonds is 2. The summed E-state index contributed by atoms with van der Waals surface area (Å²) < 4.78 is 12.2. The Labute approximate surface area is 207 Å². The average Bonchev–Trinajstić information content (AvgIpc) is 3.56. The van der Waals surface area contributed by atoms with Crippen molar-refractivity contribution in [2.45, 2.75) is 0 Å². The van der Waals surface area contributed by atoms with Gasteiger partial charge in [-0.2, -0.15) is 0 Å². The summed E-state index contributed by atoms with van der Waals surface area (Å²) >= 11 is 0. The molecule has 168 valence electrons. The molecule has 2 heteroatoms. The Kier molecular flexibility index (Phi) is 3.97. The van der Waals surface area contributed by atoms with Crippen molar-refractivity contribution in [1.29, 1.82) is 0 Å². The third-order valence-electron chi connectivity index (χ3n) is 7.34. The van der Waals surface area contributed by atoms with Crippen LogP contribution in [0.4, 0.5) is 0 Å². The lowest BCUT2D eigenvalue weighted by molar-refractivity contribution is 0.618. The largest absolute Gasteiger partial charge is 0.464 e. The van der Waals surface area contributed by atoms with Crippen LogP contribution < -0.4 is 0 Å². The van der Waals surface area contributed by atoms with E-state index in [2.05, 4.69) is 97.1 Å². The molecular formula is C34H20O2. The highest BCUT2D eigenvalue weighted by Gasteiger charge is 2.18. The van der Waals surface area contributed by atoms with Crippen LogP contribution in [0.5, 0.6) is 0 Å². The third kappa shape index (κ3) is 2.67. The van der Waals surface area contributed by atoms with Crippen molar-refractivity contribution in [2.75, 3.05) is 0 Å². The van der Waals surface area contributed by atoms with Gasteiger partial charge in [-0.05, 0) is 74.1 Å². The number of fused-ring (bicyclic) bond motifs is 7. The summed E-state index contributed by atoms with van der Waals surface area (Å²) in [6, 6.07) is 40.8. The van der Waals surface area contributed by atoms with Gasteiger partial charge in [0.05, 0.1) is 11.6 Å². The zero-order chi connectivity index (χ0) is 23.6. The molecule has 0 aliphatic rings. The summed E-state index contributed by atoms with van der Waals surface area (Å²) in [4.78, 5) is 0. The van der Waals surface area contributed by atoms with Crippen LogP contribution in [-0.2, 0) is 0 Å². The smallest absolute Gasteiger partial charge is 0.145 e. The first-order chi connectivity index (χ1) is 17.9. The van der Waals surface area contributed by atoms with Crippen molar-refractivity contribution in [2.24, 2.45) is 0 Å². The fourth-order valence-corrected chi connectivity index (χ4v) is 5.80. The summed E-state index contributed by atoms with van der Waals surface area (Å²) in [7, 11) is 0. The Bertz CT molecular complexity index is 2030. The molecule has 2 heterocycles. The predicted octanol–water partition coefficient (Wildman–Crippen LogP) is 9.97. The van der Waals surface area contributed by atoms with E-state index in [-0.39, 0.29) is 0 Å². The molecular weight excluding hydrogens is 440 g/mol. The minimum atomic E-state index is 0.846. The maximum Gasteiger partial charge on any atom is 0.145 e. The lowest BCUT2D eigenvalue weighted by Crippen LogP contribution is -1.90. The standard InChI is InChI=1S/C34H20O2/c1-2-8-21(9-3-1)31-24-10-4-6-12-26(24)32(27-13-7-5-11-25(27)31)23-14-16-28-30(20-23)36-29-17-15-22-18-19-35-34(22)33(28)29/h1-20H. The van der Waals surface area contributed by atoms with E-state index in [9.17, 15) is 0 Å². The van der Waals surface area contributed by atoms with Crippen LogP contribution in [0.15, 0.2) is 130 Å². The molecule has 2 aromatic heterocycles. The van der Waals surface area contributed by atoms with E-state index in [0.29, 0.717) is 0 Å². The van der Waals surface area contributed by atoms with Crippen molar-refractivity contribution in [1.82, 2.24) is 0 Å². The highest BCUT2D eigenvalue weighted by atomic mass is 16.3. The molecule has 0 saturated carbocycles. The first-order valence-electron chi connectivity index (χ1n) is 12.2. The number of hydrogen-bond donors (Lipinski definition) is 0. The van der Waals surface area contributed by atoms with Crippen molar-refractivity contribution in [3.05, 3.63) is 122 Å². The summed E-state index contributed by atoms with van der Waals surface area (Å²) in [5.74, 6) is 0. The van der Waals surface area contributed by atoms with Crippen LogP contribution in [0.2, 0.25) is 0 Å². The van der Waals surface area contributed by atoms with Crippen molar-refractivity contribution >= 4 is 54.5 Å². The fraction of sp³-hybridized carbons (Fsp3) is 0. The fourth-order valence-electron chi connectivity index (χ4n) is 5.80. The van der Waals surface area contributed by atoms with E-state index in [4.69, 9.17) is 8.83 Å². The molecule has 0 aliphatic heterocycles. The Morgan fingerprint density at radius 1 is 0.444 bits per heavy atom. The Morgan fingerprint density at radius 2 is 1.08 bits per heavy atom. The van der Waals surface area contributed by atoms with Crippen molar-refractivity contribution < 1.29 is 8.83 Å². The Morgan fingerprint density at radius 3 is 1.78 bits per heavy atom. The van der Waals surface area contributed by atoms with E-state index in [1.54, 1.807) is 6.26 Å². The van der Waals surface area contributed by atoms with Gasteiger partial charge in [-0.25, -0.2) is 0 Å². The van der Waals surface area contributed by atoms with Gasteiger partial charge in [-0.1, -0.05) is 84.9 Å². The summed E-state index contributed by atoms with van der Waals surface area (Å²) in [6.45, 7) is 0. The molecule has 6 aromatic carbocycles. The van der Waals surface area contributed by atoms with E-state index < -0.39 is 0 Å². The normalized spacial score (nSPS) is 11.9. The maximum absolute atomic E-state index is 6.35. The van der Waals surface area contributed by atoms with Crippen LogP contribution in [0.3, 0.4) is 0 Å². The van der Waals surface area contributed by atoms with Gasteiger partial charge in [-0.3, -0.25) is 0 Å². The highest BCUT2D eigenvalue weighted by molar-refractivity contribution is 6.22. The molecule has 0 amide bonds. The van der Waals surface area contributed by atoms with Gasteiger partial charge in [0.1, 0.15) is 16.7 Å². The van der Waals surface area contributed by atoms with Gasteiger partial charge in [-0.15, -0.1) is 0 Å².